The Morgan fingerprint density at radius 3 is 2.62 bits per heavy atom. The van der Waals surface area contributed by atoms with Gasteiger partial charge in [0, 0.05) is 10.7 Å². The van der Waals surface area contributed by atoms with E-state index in [4.69, 9.17) is 15.4 Å². The highest BCUT2D eigenvalue weighted by Gasteiger charge is 2.28. The zero-order valence-corrected chi connectivity index (χ0v) is 9.59. The van der Waals surface area contributed by atoms with Crippen molar-refractivity contribution in [2.75, 3.05) is 6.61 Å². The van der Waals surface area contributed by atoms with Gasteiger partial charge in [0.1, 0.15) is 6.61 Å². The number of carbonyl (C=O) groups excluding carboxylic acids is 1. The molecule has 0 radical (unpaired) electrons. The molecule has 1 heterocycles. The highest BCUT2D eigenvalue weighted by Crippen LogP contribution is 2.27. The zero-order chi connectivity index (χ0) is 11.8. The zero-order valence-electron chi connectivity index (χ0n) is 8.01. The summed E-state index contributed by atoms with van der Waals surface area (Å²) in [7, 11) is 1.47. The smallest absolute Gasteiger partial charge is 0.407 e. The molecule has 0 saturated carbocycles. The fourth-order valence-corrected chi connectivity index (χ4v) is 2.70. The molecule has 0 aliphatic carbocycles. The Labute approximate surface area is 96.8 Å². The Balaban J connectivity index is 2.45. The van der Waals surface area contributed by atoms with Crippen LogP contribution in [0, 0.1) is 0 Å². The SMILES string of the molecule is O=C1NC(c2ccccc2S(=O)(=O)Cl)CO1. The van der Waals surface area contributed by atoms with Crippen molar-refractivity contribution >= 4 is 25.8 Å². The van der Waals surface area contributed by atoms with Gasteiger partial charge in [-0.15, -0.1) is 0 Å². The van der Waals surface area contributed by atoms with Crippen molar-refractivity contribution in [3.63, 3.8) is 0 Å². The third-order valence-electron chi connectivity index (χ3n) is 2.23. The Morgan fingerprint density at radius 2 is 2.06 bits per heavy atom. The van der Waals surface area contributed by atoms with Gasteiger partial charge in [-0.3, -0.25) is 0 Å². The maximum absolute atomic E-state index is 11.3. The van der Waals surface area contributed by atoms with Crippen LogP contribution >= 0.6 is 10.7 Å². The van der Waals surface area contributed by atoms with Gasteiger partial charge in [0.05, 0.1) is 10.9 Å². The molecule has 16 heavy (non-hydrogen) atoms. The Morgan fingerprint density at radius 1 is 1.38 bits per heavy atom. The first-order valence-electron chi connectivity index (χ1n) is 4.45. The third-order valence-corrected chi connectivity index (χ3v) is 3.63. The summed E-state index contributed by atoms with van der Waals surface area (Å²) in [5.41, 5.74) is 0.434. The first kappa shape index (κ1) is 11.2. The van der Waals surface area contributed by atoms with Crippen LogP contribution in [0.5, 0.6) is 0 Å². The number of hydrogen-bond donors (Lipinski definition) is 1. The molecule has 5 nitrogen and oxygen atoms in total. The first-order chi connectivity index (χ1) is 7.48. The van der Waals surface area contributed by atoms with Gasteiger partial charge in [0.15, 0.2) is 0 Å². The van der Waals surface area contributed by atoms with Gasteiger partial charge in [-0.05, 0) is 11.6 Å². The molecule has 7 heteroatoms. The number of rotatable bonds is 2. The van der Waals surface area contributed by atoms with E-state index in [9.17, 15) is 13.2 Å². The second-order valence-electron chi connectivity index (χ2n) is 3.27. The maximum Gasteiger partial charge on any atom is 0.407 e. The summed E-state index contributed by atoms with van der Waals surface area (Å²) in [5, 5.41) is 2.50. The predicted molar refractivity (Wildman–Crippen MR) is 56.7 cm³/mol. The summed E-state index contributed by atoms with van der Waals surface area (Å²) >= 11 is 0. The molecule has 0 aromatic heterocycles. The van der Waals surface area contributed by atoms with Crippen LogP contribution in [0.3, 0.4) is 0 Å². The molecule has 2 rings (SSSR count). The van der Waals surface area contributed by atoms with Gasteiger partial charge in [-0.25, -0.2) is 13.2 Å². The third kappa shape index (κ3) is 2.12. The lowest BCUT2D eigenvalue weighted by atomic mass is 10.1. The van der Waals surface area contributed by atoms with Crippen LogP contribution in [0.1, 0.15) is 11.6 Å². The fraction of sp³-hybridized carbons (Fsp3) is 0.222. The highest BCUT2D eigenvalue weighted by atomic mass is 35.7. The van der Waals surface area contributed by atoms with Crippen LogP contribution in [0.25, 0.3) is 0 Å². The number of carbonyl (C=O) groups is 1. The minimum Gasteiger partial charge on any atom is -0.447 e. The minimum absolute atomic E-state index is 0.00698. The average molecular weight is 262 g/mol. The molecular weight excluding hydrogens is 254 g/mol. The lowest BCUT2D eigenvalue weighted by molar-refractivity contribution is 0.177. The molecule has 1 saturated heterocycles. The predicted octanol–water partition coefficient (Wildman–Crippen LogP) is 1.40. The Bertz CT molecular complexity index is 528. The van der Waals surface area contributed by atoms with Crippen molar-refractivity contribution in [1.82, 2.24) is 5.32 Å². The Kier molecular flexibility index (Phi) is 2.77. The molecule has 1 atom stereocenters. The van der Waals surface area contributed by atoms with Crippen molar-refractivity contribution in [2.24, 2.45) is 0 Å². The van der Waals surface area contributed by atoms with Gasteiger partial charge in [-0.1, -0.05) is 18.2 Å². The number of halogens is 1. The van der Waals surface area contributed by atoms with E-state index in [0.29, 0.717) is 5.56 Å². The molecule has 1 aromatic rings. The van der Waals surface area contributed by atoms with Gasteiger partial charge in [0.25, 0.3) is 9.05 Å². The lowest BCUT2D eigenvalue weighted by Crippen LogP contribution is -2.19. The summed E-state index contributed by atoms with van der Waals surface area (Å²) in [5.74, 6) is 0. The van der Waals surface area contributed by atoms with Crippen molar-refractivity contribution in [3.05, 3.63) is 29.8 Å². The van der Waals surface area contributed by atoms with Gasteiger partial charge in [-0.2, -0.15) is 0 Å². The fourth-order valence-electron chi connectivity index (χ4n) is 1.54. The number of cyclic esters (lactones) is 1. The first-order valence-corrected chi connectivity index (χ1v) is 6.76. The number of hydrogen-bond acceptors (Lipinski definition) is 4. The molecule has 86 valence electrons. The molecule has 1 amide bonds. The molecule has 1 aliphatic rings. The largest absolute Gasteiger partial charge is 0.447 e. The van der Waals surface area contributed by atoms with Gasteiger partial charge >= 0.3 is 6.09 Å². The summed E-state index contributed by atoms with van der Waals surface area (Å²) < 4.78 is 27.3. The second-order valence-corrected chi connectivity index (χ2v) is 5.81. The van der Waals surface area contributed by atoms with Crippen molar-refractivity contribution in [1.29, 1.82) is 0 Å². The second kappa shape index (κ2) is 3.95. The standard InChI is InChI=1S/C9H8ClNO4S/c10-16(13,14)8-4-2-1-3-6(8)7-5-15-9(12)11-7/h1-4,7H,5H2,(H,11,12). The molecular formula is C9H8ClNO4S. The van der Waals surface area contributed by atoms with Crippen LogP contribution in [0.15, 0.2) is 29.2 Å². The van der Waals surface area contributed by atoms with Crippen molar-refractivity contribution in [2.45, 2.75) is 10.9 Å². The number of ether oxygens (including phenoxy) is 1. The van der Waals surface area contributed by atoms with Gasteiger partial charge < -0.3 is 10.1 Å². The van der Waals surface area contributed by atoms with Crippen LogP contribution in [0.4, 0.5) is 4.79 Å². The van der Waals surface area contributed by atoms with Crippen molar-refractivity contribution < 1.29 is 17.9 Å². The highest BCUT2D eigenvalue weighted by molar-refractivity contribution is 8.13. The van der Waals surface area contributed by atoms with E-state index in [1.807, 2.05) is 0 Å². The normalized spacial score (nSPS) is 20.3. The van der Waals surface area contributed by atoms with Crippen LogP contribution < -0.4 is 5.32 Å². The monoisotopic (exact) mass is 261 g/mol. The van der Waals surface area contributed by atoms with E-state index in [0.717, 1.165) is 0 Å². The average Bonchev–Trinajstić information content (AvgIpc) is 2.64. The van der Waals surface area contributed by atoms with E-state index >= 15 is 0 Å². The summed E-state index contributed by atoms with van der Waals surface area (Å²) in [6.07, 6.45) is -0.563. The van der Waals surface area contributed by atoms with Crippen molar-refractivity contribution in [3.8, 4) is 0 Å². The number of nitrogens with one attached hydrogen (secondary N) is 1. The molecule has 1 aromatic carbocycles. The molecule has 1 fully saturated rings. The summed E-state index contributed by atoms with van der Waals surface area (Å²) in [6.45, 7) is 0.0995. The lowest BCUT2D eigenvalue weighted by Gasteiger charge is -2.10. The van der Waals surface area contributed by atoms with Crippen LogP contribution in [-0.2, 0) is 13.8 Å². The number of amides is 1. The van der Waals surface area contributed by atoms with E-state index in [2.05, 4.69) is 5.32 Å². The van der Waals surface area contributed by atoms with Crippen LogP contribution in [0.2, 0.25) is 0 Å². The van der Waals surface area contributed by atoms with E-state index < -0.39 is 21.2 Å². The molecule has 1 aliphatic heterocycles. The maximum atomic E-state index is 11.3. The number of alkyl carbamates (subject to hydrolysis) is 1. The number of benzene rings is 1. The quantitative estimate of drug-likeness (QED) is 0.817. The van der Waals surface area contributed by atoms with E-state index in [-0.39, 0.29) is 11.5 Å². The summed E-state index contributed by atoms with van der Waals surface area (Å²) in [4.78, 5) is 10.9. The topological polar surface area (TPSA) is 72.5 Å². The van der Waals surface area contributed by atoms with Crippen LogP contribution in [-0.4, -0.2) is 21.1 Å². The molecule has 1 N–H and O–H groups in total. The molecule has 1 unspecified atom stereocenters. The Hall–Kier alpha value is -1.27. The van der Waals surface area contributed by atoms with E-state index in [1.165, 1.54) is 6.07 Å². The molecule has 0 bridgehead atoms. The minimum atomic E-state index is -3.82. The van der Waals surface area contributed by atoms with E-state index in [1.54, 1.807) is 18.2 Å². The van der Waals surface area contributed by atoms with Gasteiger partial charge in [0.2, 0.25) is 0 Å². The molecule has 0 spiro atoms. The summed E-state index contributed by atoms with van der Waals surface area (Å²) in [6, 6.07) is 5.75.